The highest BCUT2D eigenvalue weighted by atomic mass is 35.5. The van der Waals surface area contributed by atoms with E-state index in [1.807, 2.05) is 12.1 Å². The lowest BCUT2D eigenvalue weighted by Gasteiger charge is -2.24. The molecule has 7 nitrogen and oxygen atoms in total. The minimum Gasteiger partial charge on any atom is -0.485 e. The monoisotopic (exact) mass is 360 g/mol. The highest BCUT2D eigenvalue weighted by Gasteiger charge is 2.27. The smallest absolute Gasteiger partial charge is 0.284 e. The number of nitrogens with zero attached hydrogens (tertiary/aromatic N) is 1. The number of hydrogen-bond donors (Lipinski definition) is 1. The van der Waals surface area contributed by atoms with Gasteiger partial charge in [-0.2, -0.15) is 5.10 Å². The maximum atomic E-state index is 12.2. The molecule has 2 aliphatic rings. The molecule has 0 fully saturated rings. The van der Waals surface area contributed by atoms with E-state index in [1.54, 1.807) is 24.3 Å². The van der Waals surface area contributed by atoms with Crippen molar-refractivity contribution in [1.82, 2.24) is 5.43 Å². The van der Waals surface area contributed by atoms with Crippen LogP contribution < -0.4 is 24.4 Å². The van der Waals surface area contributed by atoms with Crippen LogP contribution in [0, 0.1) is 0 Å². The molecular weight excluding hydrogens is 348 g/mol. The van der Waals surface area contributed by atoms with E-state index in [-0.39, 0.29) is 13.4 Å². The quantitative estimate of drug-likeness (QED) is 0.671. The van der Waals surface area contributed by atoms with Gasteiger partial charge in [-0.25, -0.2) is 5.43 Å². The Labute approximate surface area is 148 Å². The van der Waals surface area contributed by atoms with Gasteiger partial charge in [0.25, 0.3) is 5.91 Å². The highest BCUT2D eigenvalue weighted by molar-refractivity contribution is 6.33. The largest absolute Gasteiger partial charge is 0.485 e. The number of fused-ring (bicyclic) bond motifs is 2. The minimum absolute atomic E-state index is 0.114. The van der Waals surface area contributed by atoms with E-state index < -0.39 is 12.0 Å². The Balaban J connectivity index is 1.40. The molecule has 1 N–H and O–H groups in total. The second kappa shape index (κ2) is 6.52. The van der Waals surface area contributed by atoms with Crippen molar-refractivity contribution in [3.63, 3.8) is 0 Å². The fraction of sp³-hybridized carbons (Fsp3) is 0.176. The molecule has 128 valence electrons. The first-order chi connectivity index (χ1) is 12.2. The third-order valence-electron chi connectivity index (χ3n) is 3.67. The lowest BCUT2D eigenvalue weighted by molar-refractivity contribution is -0.130. The number of halogens is 1. The summed E-state index contributed by atoms with van der Waals surface area (Å²) in [5.41, 5.74) is 3.02. The zero-order valence-electron chi connectivity index (χ0n) is 12.9. The van der Waals surface area contributed by atoms with Crippen molar-refractivity contribution in [2.75, 3.05) is 13.4 Å². The second-order valence-corrected chi connectivity index (χ2v) is 5.73. The average molecular weight is 361 g/mol. The van der Waals surface area contributed by atoms with Crippen molar-refractivity contribution in [2.45, 2.75) is 6.10 Å². The van der Waals surface area contributed by atoms with E-state index in [0.29, 0.717) is 33.6 Å². The summed E-state index contributed by atoms with van der Waals surface area (Å²) in [6.07, 6.45) is 0.652. The molecule has 2 heterocycles. The van der Waals surface area contributed by atoms with Crippen molar-refractivity contribution in [1.29, 1.82) is 0 Å². The van der Waals surface area contributed by atoms with Gasteiger partial charge in [-0.15, -0.1) is 0 Å². The minimum atomic E-state index is -0.778. The molecule has 0 spiro atoms. The van der Waals surface area contributed by atoms with Gasteiger partial charge in [0.1, 0.15) is 6.61 Å². The van der Waals surface area contributed by atoms with Gasteiger partial charge in [-0.3, -0.25) is 4.79 Å². The van der Waals surface area contributed by atoms with Crippen LogP contribution in [0.2, 0.25) is 5.02 Å². The highest BCUT2D eigenvalue weighted by Crippen LogP contribution is 2.36. The van der Waals surface area contributed by atoms with Gasteiger partial charge in [0, 0.05) is 11.6 Å². The summed E-state index contributed by atoms with van der Waals surface area (Å²) >= 11 is 6.14. The zero-order valence-corrected chi connectivity index (χ0v) is 13.7. The van der Waals surface area contributed by atoms with E-state index in [1.165, 1.54) is 6.21 Å². The fourth-order valence-corrected chi connectivity index (χ4v) is 2.62. The Morgan fingerprint density at radius 1 is 1.12 bits per heavy atom. The van der Waals surface area contributed by atoms with E-state index in [2.05, 4.69) is 10.5 Å². The lowest BCUT2D eigenvalue weighted by Crippen LogP contribution is -2.42. The van der Waals surface area contributed by atoms with Gasteiger partial charge in [-0.1, -0.05) is 23.7 Å². The Kier molecular flexibility index (Phi) is 4.07. The molecule has 2 aliphatic heterocycles. The van der Waals surface area contributed by atoms with Crippen LogP contribution in [-0.2, 0) is 4.79 Å². The number of hydrogen-bond acceptors (Lipinski definition) is 6. The molecule has 0 aromatic heterocycles. The Morgan fingerprint density at radius 2 is 1.88 bits per heavy atom. The molecular formula is C17H13ClN2O5. The summed E-state index contributed by atoms with van der Waals surface area (Å²) in [6.45, 7) is 0.270. The van der Waals surface area contributed by atoms with Crippen molar-refractivity contribution in [3.8, 4) is 23.0 Å². The fourth-order valence-electron chi connectivity index (χ4n) is 2.42. The van der Waals surface area contributed by atoms with Gasteiger partial charge >= 0.3 is 0 Å². The Hall–Kier alpha value is -2.93. The predicted octanol–water partition coefficient (Wildman–Crippen LogP) is 2.36. The number of rotatable bonds is 3. The number of carbonyl (C=O) groups excluding carboxylic acids is 1. The van der Waals surface area contributed by atoms with E-state index in [0.717, 1.165) is 0 Å². The average Bonchev–Trinajstić information content (AvgIpc) is 3.08. The Morgan fingerprint density at radius 3 is 2.72 bits per heavy atom. The number of ether oxygens (including phenoxy) is 4. The first-order valence-corrected chi connectivity index (χ1v) is 7.89. The summed E-state index contributed by atoms with van der Waals surface area (Å²) in [6, 6.07) is 10.5. The van der Waals surface area contributed by atoms with Crippen molar-refractivity contribution >= 4 is 23.7 Å². The third kappa shape index (κ3) is 3.18. The molecule has 2 aromatic rings. The number of amides is 1. The lowest BCUT2D eigenvalue weighted by atomic mass is 10.2. The molecule has 0 saturated carbocycles. The molecule has 4 rings (SSSR count). The van der Waals surface area contributed by atoms with Gasteiger partial charge in [0.15, 0.2) is 23.0 Å². The first-order valence-electron chi connectivity index (χ1n) is 7.51. The van der Waals surface area contributed by atoms with Gasteiger partial charge in [0.05, 0.1) is 11.2 Å². The number of para-hydroxylation sites is 2. The van der Waals surface area contributed by atoms with Gasteiger partial charge in [0.2, 0.25) is 12.9 Å². The van der Waals surface area contributed by atoms with Crippen LogP contribution in [0.5, 0.6) is 23.0 Å². The third-order valence-corrected chi connectivity index (χ3v) is 4.00. The summed E-state index contributed by atoms with van der Waals surface area (Å²) in [5, 5.41) is 4.36. The molecule has 1 unspecified atom stereocenters. The van der Waals surface area contributed by atoms with Crippen molar-refractivity contribution < 1.29 is 23.7 Å². The Bertz CT molecular complexity index is 855. The molecule has 0 radical (unpaired) electrons. The van der Waals surface area contributed by atoms with Crippen molar-refractivity contribution in [3.05, 3.63) is 47.0 Å². The van der Waals surface area contributed by atoms with E-state index >= 15 is 0 Å². The number of carbonyl (C=O) groups is 1. The maximum absolute atomic E-state index is 12.2. The maximum Gasteiger partial charge on any atom is 0.284 e. The summed E-state index contributed by atoms with van der Waals surface area (Å²) in [7, 11) is 0. The predicted molar refractivity (Wildman–Crippen MR) is 89.7 cm³/mol. The molecule has 0 saturated heterocycles. The normalized spacial score (nSPS) is 17.6. The van der Waals surface area contributed by atoms with Crippen LogP contribution in [0.15, 0.2) is 41.5 Å². The van der Waals surface area contributed by atoms with E-state index in [9.17, 15) is 4.79 Å². The number of nitrogens with one attached hydrogen (secondary N) is 1. The first kappa shape index (κ1) is 15.6. The molecule has 0 bridgehead atoms. The number of benzene rings is 2. The summed E-state index contributed by atoms with van der Waals surface area (Å²) in [4.78, 5) is 12.2. The molecule has 8 heteroatoms. The number of hydrazone groups is 1. The van der Waals surface area contributed by atoms with Crippen LogP contribution in [0.3, 0.4) is 0 Å². The molecule has 1 amide bonds. The summed E-state index contributed by atoms with van der Waals surface area (Å²) in [5.74, 6) is 1.89. The van der Waals surface area contributed by atoms with Gasteiger partial charge < -0.3 is 18.9 Å². The molecule has 25 heavy (non-hydrogen) atoms. The van der Waals surface area contributed by atoms with E-state index in [4.69, 9.17) is 30.5 Å². The van der Waals surface area contributed by atoms with Crippen LogP contribution in [-0.4, -0.2) is 31.6 Å². The zero-order chi connectivity index (χ0) is 17.2. The van der Waals surface area contributed by atoms with Crippen LogP contribution in [0.1, 0.15) is 5.56 Å². The SMILES string of the molecule is O=C(NN=Cc1cc2c(cc1Cl)OCO2)C1COc2ccccc2O1. The molecule has 0 aliphatic carbocycles. The topological polar surface area (TPSA) is 78.4 Å². The summed E-state index contributed by atoms with van der Waals surface area (Å²) < 4.78 is 21.6. The standard InChI is InChI=1S/C17H13ClN2O5/c18-11-6-15-14(23-9-24-15)5-10(11)7-19-20-17(21)16-8-22-12-3-1-2-4-13(12)25-16/h1-7,16H,8-9H2,(H,20,21). The van der Waals surface area contributed by atoms with Crippen LogP contribution in [0.25, 0.3) is 0 Å². The van der Waals surface area contributed by atoms with Crippen LogP contribution in [0.4, 0.5) is 0 Å². The van der Waals surface area contributed by atoms with Crippen LogP contribution >= 0.6 is 11.6 Å². The van der Waals surface area contributed by atoms with Crippen molar-refractivity contribution in [2.24, 2.45) is 5.10 Å². The molecule has 2 aromatic carbocycles. The van der Waals surface area contributed by atoms with Gasteiger partial charge in [-0.05, 0) is 18.2 Å². The second-order valence-electron chi connectivity index (χ2n) is 5.33. The molecule has 1 atom stereocenters.